The van der Waals surface area contributed by atoms with E-state index >= 15 is 0 Å². The van der Waals surface area contributed by atoms with Crippen molar-refractivity contribution in [2.24, 2.45) is 11.8 Å². The fourth-order valence-corrected chi connectivity index (χ4v) is 6.06. The van der Waals surface area contributed by atoms with E-state index in [0.29, 0.717) is 31.5 Å². The third kappa shape index (κ3) is 4.54. The summed E-state index contributed by atoms with van der Waals surface area (Å²) in [6, 6.07) is 8.20. The summed E-state index contributed by atoms with van der Waals surface area (Å²) in [5.74, 6) is 1.37. The Bertz CT molecular complexity index is 846. The van der Waals surface area contributed by atoms with Crippen LogP contribution in [0.3, 0.4) is 0 Å². The third-order valence-corrected chi connectivity index (χ3v) is 7.65. The molecular formula is C20H29N4O3S+. The topological polar surface area (TPSA) is 85.9 Å². The minimum atomic E-state index is -3.73. The van der Waals surface area contributed by atoms with E-state index in [2.05, 4.69) is 13.8 Å². The molecule has 0 aliphatic carbocycles. The Morgan fingerprint density at radius 3 is 2.36 bits per heavy atom. The number of piperazine rings is 1. The van der Waals surface area contributed by atoms with Crippen molar-refractivity contribution in [3.63, 3.8) is 0 Å². The molecule has 2 fully saturated rings. The molecule has 0 radical (unpaired) electrons. The number of nitrogens with one attached hydrogen (secondary N) is 1. The zero-order chi connectivity index (χ0) is 20.3. The first-order valence-corrected chi connectivity index (χ1v) is 11.4. The molecule has 2 aliphatic heterocycles. The molecule has 7 nitrogen and oxygen atoms in total. The molecule has 1 N–H and O–H groups in total. The molecule has 0 unspecified atom stereocenters. The number of sulfonamides is 1. The monoisotopic (exact) mass is 405 g/mol. The van der Waals surface area contributed by atoms with Gasteiger partial charge in [0.2, 0.25) is 10.0 Å². The maximum atomic E-state index is 12.9. The van der Waals surface area contributed by atoms with Gasteiger partial charge in [0.15, 0.2) is 6.54 Å². The Kier molecular flexibility index (Phi) is 6.38. The molecule has 0 bridgehead atoms. The van der Waals surface area contributed by atoms with Crippen LogP contribution >= 0.6 is 0 Å². The van der Waals surface area contributed by atoms with Gasteiger partial charge in [0.05, 0.1) is 23.5 Å². The van der Waals surface area contributed by atoms with Crippen molar-refractivity contribution in [1.82, 2.24) is 9.21 Å². The molecule has 0 saturated carbocycles. The van der Waals surface area contributed by atoms with Gasteiger partial charge in [-0.15, -0.1) is 0 Å². The minimum absolute atomic E-state index is 0.0398. The van der Waals surface area contributed by atoms with Crippen molar-refractivity contribution in [2.75, 3.05) is 45.8 Å². The van der Waals surface area contributed by atoms with E-state index in [1.165, 1.54) is 27.8 Å². The molecule has 152 valence electrons. The quantitative estimate of drug-likeness (QED) is 0.761. The number of hydrogen-bond acceptors (Lipinski definition) is 4. The summed E-state index contributed by atoms with van der Waals surface area (Å²) in [4.78, 5) is 15.8. The van der Waals surface area contributed by atoms with Crippen LogP contribution in [0, 0.1) is 23.2 Å². The second-order valence-electron chi connectivity index (χ2n) is 8.17. The number of nitrogens with zero attached hydrogens (tertiary/aromatic N) is 3. The molecule has 2 aliphatic rings. The van der Waals surface area contributed by atoms with Crippen LogP contribution in [0.2, 0.25) is 0 Å². The van der Waals surface area contributed by atoms with Gasteiger partial charge in [-0.1, -0.05) is 26.0 Å². The number of nitriles is 1. The summed E-state index contributed by atoms with van der Waals surface area (Å²) in [6.45, 7) is 8.32. The first kappa shape index (κ1) is 20.8. The molecule has 3 rings (SSSR count). The molecule has 2 saturated heterocycles. The molecule has 0 aromatic heterocycles. The van der Waals surface area contributed by atoms with E-state index in [1.54, 1.807) is 17.0 Å². The molecular weight excluding hydrogens is 376 g/mol. The summed E-state index contributed by atoms with van der Waals surface area (Å²) in [5.41, 5.74) is 0.151. The zero-order valence-corrected chi connectivity index (χ0v) is 17.4. The number of likely N-dealkylation sites (tertiary alicyclic amines) is 1. The lowest BCUT2D eigenvalue weighted by molar-refractivity contribution is -0.904. The van der Waals surface area contributed by atoms with Crippen molar-refractivity contribution in [1.29, 1.82) is 5.26 Å². The maximum Gasteiger partial charge on any atom is 0.277 e. The van der Waals surface area contributed by atoms with Gasteiger partial charge >= 0.3 is 0 Å². The molecule has 0 spiro atoms. The highest BCUT2D eigenvalue weighted by molar-refractivity contribution is 7.89. The molecule has 2 heterocycles. The lowest BCUT2D eigenvalue weighted by Gasteiger charge is -2.36. The van der Waals surface area contributed by atoms with Gasteiger partial charge < -0.3 is 9.80 Å². The van der Waals surface area contributed by atoms with Crippen LogP contribution in [0.5, 0.6) is 0 Å². The summed E-state index contributed by atoms with van der Waals surface area (Å²) in [5, 5.41) is 9.20. The van der Waals surface area contributed by atoms with Crippen LogP contribution in [0.25, 0.3) is 0 Å². The van der Waals surface area contributed by atoms with Crippen molar-refractivity contribution in [3.8, 4) is 6.07 Å². The summed E-state index contributed by atoms with van der Waals surface area (Å²) in [7, 11) is -3.73. The van der Waals surface area contributed by atoms with E-state index in [4.69, 9.17) is 0 Å². The first-order chi connectivity index (χ1) is 13.3. The number of piperidine rings is 1. The Hall–Kier alpha value is -1.95. The Labute approximate surface area is 167 Å². The standard InChI is InChI=1S/C20H28N4O3S/c1-16-11-17(2)14-22(13-16)15-20(25)23-7-9-24(10-8-23)28(26,27)19-6-4-3-5-18(19)12-21/h3-6,16-17H,7-11,13-15H2,1-2H3/p+1/t16-,17-/m1/s1. The Morgan fingerprint density at radius 2 is 1.75 bits per heavy atom. The number of rotatable bonds is 4. The maximum absolute atomic E-state index is 12.9. The van der Waals surface area contributed by atoms with Gasteiger partial charge in [0.25, 0.3) is 5.91 Å². The molecule has 1 amide bonds. The number of hydrogen-bond donors (Lipinski definition) is 1. The normalized spacial score (nSPS) is 26.6. The second-order valence-corrected chi connectivity index (χ2v) is 10.1. The van der Waals surface area contributed by atoms with Crippen LogP contribution < -0.4 is 4.90 Å². The van der Waals surface area contributed by atoms with Crippen molar-refractivity contribution >= 4 is 15.9 Å². The van der Waals surface area contributed by atoms with Gasteiger partial charge in [-0.2, -0.15) is 9.57 Å². The third-order valence-electron chi connectivity index (χ3n) is 5.70. The van der Waals surface area contributed by atoms with Gasteiger partial charge in [0, 0.05) is 38.0 Å². The fraction of sp³-hybridized carbons (Fsp3) is 0.600. The lowest BCUT2D eigenvalue weighted by atomic mass is 9.92. The van der Waals surface area contributed by atoms with Crippen LogP contribution in [0.4, 0.5) is 0 Å². The predicted molar refractivity (Wildman–Crippen MR) is 105 cm³/mol. The van der Waals surface area contributed by atoms with E-state index in [9.17, 15) is 18.5 Å². The second kappa shape index (κ2) is 8.60. The highest BCUT2D eigenvalue weighted by Gasteiger charge is 2.33. The average molecular weight is 406 g/mol. The lowest BCUT2D eigenvalue weighted by Crippen LogP contribution is -3.15. The largest absolute Gasteiger partial charge is 0.335 e. The number of amides is 1. The fourth-order valence-electron chi connectivity index (χ4n) is 4.49. The van der Waals surface area contributed by atoms with Gasteiger partial charge in [0.1, 0.15) is 6.07 Å². The number of quaternary nitrogens is 1. The molecule has 8 heteroatoms. The number of benzene rings is 1. The number of carbonyl (C=O) groups excluding carboxylic acids is 1. The van der Waals surface area contributed by atoms with Gasteiger partial charge in [-0.25, -0.2) is 8.42 Å². The summed E-state index contributed by atoms with van der Waals surface area (Å²) >= 11 is 0. The molecule has 28 heavy (non-hydrogen) atoms. The van der Waals surface area contributed by atoms with Crippen LogP contribution in [-0.2, 0) is 14.8 Å². The minimum Gasteiger partial charge on any atom is -0.335 e. The van der Waals surface area contributed by atoms with Crippen LogP contribution in [0.1, 0.15) is 25.8 Å². The Balaban J connectivity index is 1.59. The van der Waals surface area contributed by atoms with Crippen molar-refractivity contribution < 1.29 is 18.1 Å². The molecule has 1 aromatic carbocycles. The highest BCUT2D eigenvalue weighted by atomic mass is 32.2. The van der Waals surface area contributed by atoms with Crippen molar-refractivity contribution in [3.05, 3.63) is 29.8 Å². The molecule has 1 aromatic rings. The zero-order valence-electron chi connectivity index (χ0n) is 16.6. The first-order valence-electron chi connectivity index (χ1n) is 9.92. The Morgan fingerprint density at radius 1 is 1.14 bits per heavy atom. The highest BCUT2D eigenvalue weighted by Crippen LogP contribution is 2.21. The molecule has 2 atom stereocenters. The van der Waals surface area contributed by atoms with Gasteiger partial charge in [-0.3, -0.25) is 4.79 Å². The van der Waals surface area contributed by atoms with Crippen LogP contribution in [-0.4, -0.2) is 69.3 Å². The van der Waals surface area contributed by atoms with E-state index in [-0.39, 0.29) is 29.5 Å². The van der Waals surface area contributed by atoms with Gasteiger partial charge in [-0.05, 0) is 18.6 Å². The van der Waals surface area contributed by atoms with Crippen LogP contribution in [0.15, 0.2) is 29.2 Å². The van der Waals surface area contributed by atoms with E-state index < -0.39 is 10.0 Å². The van der Waals surface area contributed by atoms with E-state index in [1.807, 2.05) is 6.07 Å². The smallest absolute Gasteiger partial charge is 0.277 e. The average Bonchev–Trinajstić information content (AvgIpc) is 2.67. The summed E-state index contributed by atoms with van der Waals surface area (Å²) in [6.07, 6.45) is 1.22. The van der Waals surface area contributed by atoms with E-state index in [0.717, 1.165) is 13.1 Å². The summed E-state index contributed by atoms with van der Waals surface area (Å²) < 4.78 is 27.2. The predicted octanol–water partition coefficient (Wildman–Crippen LogP) is -0.0480. The SMILES string of the molecule is C[C@@H]1C[C@@H](C)C[NH+](CC(=O)N2CCN(S(=O)(=O)c3ccccc3C#N)CC2)C1. The van der Waals surface area contributed by atoms with Crippen molar-refractivity contribution in [2.45, 2.75) is 25.2 Å². The number of carbonyl (C=O) groups is 1.